The van der Waals surface area contributed by atoms with E-state index in [1.165, 1.54) is 5.56 Å². The minimum atomic E-state index is -0.0719. The molecule has 3 nitrogen and oxygen atoms in total. The highest BCUT2D eigenvalue weighted by atomic mass is 16.1. The highest BCUT2D eigenvalue weighted by Gasteiger charge is 2.08. The third-order valence-corrected chi connectivity index (χ3v) is 2.36. The van der Waals surface area contributed by atoms with Gasteiger partial charge in [0.2, 0.25) is 0 Å². The van der Waals surface area contributed by atoms with Crippen LogP contribution >= 0.6 is 0 Å². The van der Waals surface area contributed by atoms with Gasteiger partial charge in [-0.2, -0.15) is 0 Å². The van der Waals surface area contributed by atoms with E-state index >= 15 is 0 Å². The fraction of sp³-hybridized carbons (Fsp3) is 0.533. The summed E-state index contributed by atoms with van der Waals surface area (Å²) >= 11 is 0. The second-order valence-electron chi connectivity index (χ2n) is 4.46. The Bertz CT molecular complexity index is 297. The Morgan fingerprint density at radius 2 is 1.78 bits per heavy atom. The van der Waals surface area contributed by atoms with Crippen LogP contribution in [0.15, 0.2) is 30.3 Å². The van der Waals surface area contributed by atoms with Gasteiger partial charge in [-0.05, 0) is 25.6 Å². The van der Waals surface area contributed by atoms with Gasteiger partial charge in [0.1, 0.15) is 6.29 Å². The van der Waals surface area contributed by atoms with Crippen molar-refractivity contribution < 1.29 is 4.79 Å². The number of rotatable bonds is 6. The van der Waals surface area contributed by atoms with Crippen molar-refractivity contribution in [1.82, 2.24) is 10.6 Å². The monoisotopic (exact) mass is 250 g/mol. The number of aldehydes is 1. The molecule has 0 saturated heterocycles. The van der Waals surface area contributed by atoms with Crippen LogP contribution in [0.1, 0.15) is 26.3 Å². The van der Waals surface area contributed by atoms with Crippen molar-refractivity contribution in [3.63, 3.8) is 0 Å². The largest absolute Gasteiger partial charge is 0.320 e. The van der Waals surface area contributed by atoms with Crippen LogP contribution in [0.25, 0.3) is 0 Å². The first-order chi connectivity index (χ1) is 8.63. The number of hydrogen-bond donors (Lipinski definition) is 2. The van der Waals surface area contributed by atoms with Gasteiger partial charge in [0.25, 0.3) is 0 Å². The van der Waals surface area contributed by atoms with Crippen LogP contribution in [-0.4, -0.2) is 32.0 Å². The summed E-state index contributed by atoms with van der Waals surface area (Å²) < 4.78 is 0. The average Bonchev–Trinajstić information content (AvgIpc) is 2.39. The minimum Gasteiger partial charge on any atom is -0.320 e. The summed E-state index contributed by atoms with van der Waals surface area (Å²) in [6, 6.07) is 10.3. The molecule has 0 bridgehead atoms. The molecule has 0 radical (unpaired) electrons. The lowest BCUT2D eigenvalue weighted by Crippen LogP contribution is -2.37. The zero-order valence-electron chi connectivity index (χ0n) is 11.9. The van der Waals surface area contributed by atoms with E-state index in [1.807, 2.05) is 51.2 Å². The van der Waals surface area contributed by atoms with Crippen LogP contribution in [0.4, 0.5) is 0 Å². The fourth-order valence-electron chi connectivity index (χ4n) is 1.44. The molecule has 102 valence electrons. The molecule has 1 aromatic rings. The van der Waals surface area contributed by atoms with Gasteiger partial charge in [-0.25, -0.2) is 0 Å². The summed E-state index contributed by atoms with van der Waals surface area (Å²) in [7, 11) is 1.93. The molecule has 1 atom stereocenters. The molecule has 0 heterocycles. The second kappa shape index (κ2) is 10.9. The molecule has 0 spiro atoms. The SMILES string of the molecule is CC(C)N[C@H](C=O)Cc1ccccc1.CCNC. The molecule has 0 aliphatic heterocycles. The maximum atomic E-state index is 10.8. The highest BCUT2D eigenvalue weighted by molar-refractivity contribution is 5.58. The minimum absolute atomic E-state index is 0.0719. The normalized spacial score (nSPS) is 11.6. The third kappa shape index (κ3) is 8.90. The third-order valence-electron chi connectivity index (χ3n) is 2.36. The van der Waals surface area contributed by atoms with Gasteiger partial charge >= 0.3 is 0 Å². The molecular formula is C15H26N2O. The standard InChI is InChI=1S/C12H17NO.C3H9N/c1-10(2)13-12(9-14)8-11-6-4-3-5-7-11;1-3-4-2/h3-7,9-10,12-13H,8H2,1-2H3;4H,3H2,1-2H3/t12-;/m0./s1. The molecular weight excluding hydrogens is 224 g/mol. The zero-order valence-corrected chi connectivity index (χ0v) is 11.9. The van der Waals surface area contributed by atoms with Crippen LogP contribution < -0.4 is 10.6 Å². The van der Waals surface area contributed by atoms with Crippen molar-refractivity contribution >= 4 is 6.29 Å². The molecule has 0 aliphatic rings. The molecule has 0 aliphatic carbocycles. The van der Waals surface area contributed by atoms with Crippen LogP contribution in [-0.2, 0) is 11.2 Å². The van der Waals surface area contributed by atoms with Crippen LogP contribution in [0.3, 0.4) is 0 Å². The molecule has 0 amide bonds. The molecule has 18 heavy (non-hydrogen) atoms. The Morgan fingerprint density at radius 1 is 1.22 bits per heavy atom. The molecule has 3 heteroatoms. The lowest BCUT2D eigenvalue weighted by Gasteiger charge is -2.15. The summed E-state index contributed by atoms with van der Waals surface area (Å²) in [6.07, 6.45) is 1.75. The number of carbonyl (C=O) groups excluding carboxylic acids is 1. The summed E-state index contributed by atoms with van der Waals surface area (Å²) in [5.74, 6) is 0. The first kappa shape index (κ1) is 16.8. The van der Waals surface area contributed by atoms with Crippen molar-refractivity contribution in [2.24, 2.45) is 0 Å². The lowest BCUT2D eigenvalue weighted by molar-refractivity contribution is -0.109. The van der Waals surface area contributed by atoms with Gasteiger partial charge in [0, 0.05) is 6.04 Å². The molecule has 1 rings (SSSR count). The highest BCUT2D eigenvalue weighted by Crippen LogP contribution is 2.02. The molecule has 0 fully saturated rings. The Morgan fingerprint density at radius 3 is 2.17 bits per heavy atom. The molecule has 0 aromatic heterocycles. The number of hydrogen-bond acceptors (Lipinski definition) is 3. The first-order valence-electron chi connectivity index (χ1n) is 6.53. The molecule has 0 saturated carbocycles. The van der Waals surface area contributed by atoms with Crippen molar-refractivity contribution in [3.05, 3.63) is 35.9 Å². The van der Waals surface area contributed by atoms with E-state index in [2.05, 4.69) is 17.6 Å². The predicted octanol–water partition coefficient (Wildman–Crippen LogP) is 2.02. The van der Waals surface area contributed by atoms with E-state index in [9.17, 15) is 4.79 Å². The Labute approximate surface area is 111 Å². The van der Waals surface area contributed by atoms with Crippen LogP contribution in [0, 0.1) is 0 Å². The quantitative estimate of drug-likeness (QED) is 0.759. The van der Waals surface area contributed by atoms with E-state index in [0.29, 0.717) is 6.04 Å². The van der Waals surface area contributed by atoms with Crippen molar-refractivity contribution in [1.29, 1.82) is 0 Å². The number of carbonyl (C=O) groups is 1. The van der Waals surface area contributed by atoms with Crippen LogP contribution in [0.5, 0.6) is 0 Å². The second-order valence-corrected chi connectivity index (χ2v) is 4.46. The summed E-state index contributed by atoms with van der Waals surface area (Å²) in [6.45, 7) is 7.23. The molecule has 0 unspecified atom stereocenters. The predicted molar refractivity (Wildman–Crippen MR) is 77.9 cm³/mol. The Kier molecular flexibility index (Phi) is 10.2. The smallest absolute Gasteiger partial charge is 0.137 e. The summed E-state index contributed by atoms with van der Waals surface area (Å²) in [5, 5.41) is 6.14. The van der Waals surface area contributed by atoms with Gasteiger partial charge in [-0.3, -0.25) is 0 Å². The zero-order chi connectivity index (χ0) is 13.8. The van der Waals surface area contributed by atoms with Crippen LogP contribution in [0.2, 0.25) is 0 Å². The molecule has 2 N–H and O–H groups in total. The van der Waals surface area contributed by atoms with E-state index in [0.717, 1.165) is 19.3 Å². The lowest BCUT2D eigenvalue weighted by atomic mass is 10.1. The Balaban J connectivity index is 0.000000631. The van der Waals surface area contributed by atoms with Gasteiger partial charge in [-0.1, -0.05) is 51.1 Å². The van der Waals surface area contributed by atoms with Crippen molar-refractivity contribution in [2.75, 3.05) is 13.6 Å². The van der Waals surface area contributed by atoms with E-state index in [1.54, 1.807) is 0 Å². The maximum Gasteiger partial charge on any atom is 0.137 e. The van der Waals surface area contributed by atoms with E-state index < -0.39 is 0 Å². The van der Waals surface area contributed by atoms with Gasteiger partial charge in [0.15, 0.2) is 0 Å². The van der Waals surface area contributed by atoms with E-state index in [4.69, 9.17) is 0 Å². The van der Waals surface area contributed by atoms with Gasteiger partial charge in [0.05, 0.1) is 6.04 Å². The topological polar surface area (TPSA) is 41.1 Å². The summed E-state index contributed by atoms with van der Waals surface area (Å²) in [4.78, 5) is 10.8. The van der Waals surface area contributed by atoms with Crippen molar-refractivity contribution in [3.8, 4) is 0 Å². The van der Waals surface area contributed by atoms with Crippen molar-refractivity contribution in [2.45, 2.75) is 39.3 Å². The molecule has 1 aromatic carbocycles. The Hall–Kier alpha value is -1.19. The van der Waals surface area contributed by atoms with Gasteiger partial charge in [-0.15, -0.1) is 0 Å². The average molecular weight is 250 g/mol. The fourth-order valence-corrected chi connectivity index (χ4v) is 1.44. The van der Waals surface area contributed by atoms with E-state index in [-0.39, 0.29) is 6.04 Å². The number of nitrogens with one attached hydrogen (secondary N) is 2. The number of benzene rings is 1. The maximum absolute atomic E-state index is 10.8. The first-order valence-corrected chi connectivity index (χ1v) is 6.53. The van der Waals surface area contributed by atoms with Gasteiger partial charge < -0.3 is 15.4 Å². The summed E-state index contributed by atoms with van der Waals surface area (Å²) in [5.41, 5.74) is 1.19.